The minimum absolute atomic E-state index is 0.150. The molecule has 1 N–H and O–H groups in total. The summed E-state index contributed by atoms with van der Waals surface area (Å²) in [5.41, 5.74) is 0. The number of phenolic OH excluding ortho intramolecular Hbond substituents is 1. The average molecular weight is 150 g/mol. The first kappa shape index (κ1) is 7.99. The van der Waals surface area contributed by atoms with Gasteiger partial charge in [-0.3, -0.25) is 0 Å². The second-order valence-electron chi connectivity index (χ2n) is 2.66. The van der Waals surface area contributed by atoms with Crippen LogP contribution in [0.15, 0.2) is 24.3 Å². The number of hydrogen-bond donors (Lipinski definition) is 1. The van der Waals surface area contributed by atoms with E-state index in [-0.39, 0.29) is 11.8 Å². The molecule has 0 aliphatic carbocycles. The van der Waals surface area contributed by atoms with Crippen LogP contribution in [0.1, 0.15) is 6.92 Å². The Morgan fingerprint density at radius 1 is 1.55 bits per heavy atom. The molecule has 0 aromatic heterocycles. The number of benzene rings is 1. The van der Waals surface area contributed by atoms with E-state index < -0.39 is 0 Å². The van der Waals surface area contributed by atoms with E-state index in [2.05, 4.69) is 0 Å². The molecule has 0 amide bonds. The van der Waals surface area contributed by atoms with Crippen molar-refractivity contribution < 1.29 is 9.84 Å². The summed E-state index contributed by atoms with van der Waals surface area (Å²) in [7, 11) is 1.95. The molecule has 11 heavy (non-hydrogen) atoms. The van der Waals surface area contributed by atoms with Gasteiger partial charge in [0, 0.05) is 6.07 Å². The smallest absolute Gasteiger partial charge is 0.154 e. The summed E-state index contributed by atoms with van der Waals surface area (Å²) in [4.78, 5) is 0. The Morgan fingerprint density at radius 2 is 2.27 bits per heavy atom. The van der Waals surface area contributed by atoms with Crippen molar-refractivity contribution in [1.29, 1.82) is 0 Å². The van der Waals surface area contributed by atoms with Gasteiger partial charge in [0.1, 0.15) is 11.5 Å². The number of rotatable bonds is 2. The molecule has 1 aromatic carbocycles. The third-order valence-electron chi connectivity index (χ3n) is 1.19. The minimum Gasteiger partial charge on any atom is -0.508 e. The van der Waals surface area contributed by atoms with E-state index in [1.54, 1.807) is 18.2 Å². The number of aromatic hydroxyl groups is 1. The minimum atomic E-state index is 0.150. The molecule has 2 nitrogen and oxygen atoms in total. The molecule has 0 bridgehead atoms. The molecule has 58 valence electrons. The Morgan fingerprint density at radius 3 is 2.82 bits per heavy atom. The molecular formula is C8H11BO2. The van der Waals surface area contributed by atoms with Crippen molar-refractivity contribution in [1.82, 2.24) is 0 Å². The van der Waals surface area contributed by atoms with Crippen LogP contribution in [0.4, 0.5) is 0 Å². The van der Waals surface area contributed by atoms with Gasteiger partial charge in [0.2, 0.25) is 0 Å². The van der Waals surface area contributed by atoms with Crippen molar-refractivity contribution >= 4 is 7.85 Å². The highest BCUT2D eigenvalue weighted by Gasteiger charge is 1.96. The second kappa shape index (κ2) is 3.33. The zero-order valence-electron chi connectivity index (χ0n) is 6.74. The van der Waals surface area contributed by atoms with E-state index in [0.29, 0.717) is 5.75 Å². The molecule has 0 saturated carbocycles. The summed E-state index contributed by atoms with van der Waals surface area (Å²) >= 11 is 0. The number of phenols is 1. The quantitative estimate of drug-likeness (QED) is 0.630. The Hall–Kier alpha value is -1.12. The predicted octanol–water partition coefficient (Wildman–Crippen LogP) is 0.750. The fraction of sp³-hybridized carbons (Fsp3) is 0.250. The van der Waals surface area contributed by atoms with Crippen molar-refractivity contribution in [3.05, 3.63) is 24.3 Å². The maximum atomic E-state index is 9.05. The van der Waals surface area contributed by atoms with E-state index in [1.807, 2.05) is 20.8 Å². The first-order valence-corrected chi connectivity index (χ1v) is 3.64. The number of hydrogen-bond acceptors (Lipinski definition) is 2. The highest BCUT2D eigenvalue weighted by atomic mass is 16.5. The monoisotopic (exact) mass is 150 g/mol. The fourth-order valence-electron chi connectivity index (χ4n) is 0.829. The van der Waals surface area contributed by atoms with Crippen molar-refractivity contribution in [2.24, 2.45) is 0 Å². The van der Waals surface area contributed by atoms with Crippen molar-refractivity contribution in [3.63, 3.8) is 0 Å². The third-order valence-corrected chi connectivity index (χ3v) is 1.19. The van der Waals surface area contributed by atoms with Gasteiger partial charge in [-0.25, -0.2) is 0 Å². The van der Waals surface area contributed by atoms with Crippen LogP contribution in [-0.4, -0.2) is 19.0 Å². The molecular weight excluding hydrogens is 139 g/mol. The maximum Gasteiger partial charge on any atom is 0.154 e. The molecule has 0 aliphatic rings. The summed E-state index contributed by atoms with van der Waals surface area (Å²) in [5, 5.41) is 9.05. The van der Waals surface area contributed by atoms with E-state index >= 15 is 0 Å². The predicted molar refractivity (Wildman–Crippen MR) is 46.7 cm³/mol. The largest absolute Gasteiger partial charge is 0.508 e. The molecule has 0 heterocycles. The SMILES string of the molecule is BC(C)Oc1cccc(O)c1. The van der Waals surface area contributed by atoms with E-state index in [1.165, 1.54) is 0 Å². The van der Waals surface area contributed by atoms with Crippen molar-refractivity contribution in [2.75, 3.05) is 0 Å². The van der Waals surface area contributed by atoms with Gasteiger partial charge in [-0.15, -0.1) is 0 Å². The zero-order valence-corrected chi connectivity index (χ0v) is 6.74. The lowest BCUT2D eigenvalue weighted by Crippen LogP contribution is -2.10. The lowest BCUT2D eigenvalue weighted by molar-refractivity contribution is 0.299. The van der Waals surface area contributed by atoms with Gasteiger partial charge in [0.05, 0.1) is 6.00 Å². The molecule has 0 spiro atoms. The average Bonchev–Trinajstić information content (AvgIpc) is 1.85. The Labute approximate surface area is 67.2 Å². The van der Waals surface area contributed by atoms with Gasteiger partial charge in [-0.05, 0) is 19.1 Å². The fourth-order valence-corrected chi connectivity index (χ4v) is 0.829. The highest BCUT2D eigenvalue weighted by molar-refractivity contribution is 6.10. The molecule has 0 radical (unpaired) electrons. The van der Waals surface area contributed by atoms with Gasteiger partial charge in [-0.2, -0.15) is 0 Å². The summed E-state index contributed by atoms with van der Waals surface area (Å²) in [6.45, 7) is 1.95. The Balaban J connectivity index is 2.71. The number of ether oxygens (including phenoxy) is 1. The summed E-state index contributed by atoms with van der Waals surface area (Å²) < 4.78 is 5.34. The molecule has 0 saturated heterocycles. The van der Waals surface area contributed by atoms with Crippen LogP contribution in [0.25, 0.3) is 0 Å². The standard InChI is InChI=1S/C8H11BO2/c1-6(9)11-8-4-2-3-7(10)5-8/h2-6,10H,9H2,1H3. The Kier molecular flexibility index (Phi) is 2.42. The second-order valence-corrected chi connectivity index (χ2v) is 2.66. The molecule has 0 aliphatic heterocycles. The normalized spacial score (nSPS) is 12.5. The molecule has 1 atom stereocenters. The molecule has 1 aromatic rings. The molecule has 1 unspecified atom stereocenters. The van der Waals surface area contributed by atoms with Gasteiger partial charge in [-0.1, -0.05) is 6.07 Å². The summed E-state index contributed by atoms with van der Waals surface area (Å²) in [6.07, 6.45) is 0. The summed E-state index contributed by atoms with van der Waals surface area (Å²) in [5.74, 6) is 0.947. The van der Waals surface area contributed by atoms with Gasteiger partial charge in [0.25, 0.3) is 0 Å². The lowest BCUT2D eigenvalue weighted by Gasteiger charge is -2.08. The van der Waals surface area contributed by atoms with Crippen LogP contribution in [-0.2, 0) is 0 Å². The summed E-state index contributed by atoms with van der Waals surface area (Å²) in [6, 6.07) is 6.94. The molecule has 1 rings (SSSR count). The topological polar surface area (TPSA) is 29.5 Å². The van der Waals surface area contributed by atoms with Gasteiger partial charge in [0.15, 0.2) is 7.85 Å². The maximum absolute atomic E-state index is 9.05. The van der Waals surface area contributed by atoms with Gasteiger partial charge >= 0.3 is 0 Å². The first-order valence-electron chi connectivity index (χ1n) is 3.64. The van der Waals surface area contributed by atoms with Crippen LogP contribution >= 0.6 is 0 Å². The highest BCUT2D eigenvalue weighted by Crippen LogP contribution is 2.17. The molecule has 3 heteroatoms. The Bertz CT molecular complexity index is 235. The third kappa shape index (κ3) is 2.54. The lowest BCUT2D eigenvalue weighted by atomic mass is 10.0. The first-order chi connectivity index (χ1) is 5.18. The van der Waals surface area contributed by atoms with Crippen LogP contribution in [0.5, 0.6) is 11.5 Å². The van der Waals surface area contributed by atoms with E-state index in [0.717, 1.165) is 0 Å². The van der Waals surface area contributed by atoms with Crippen molar-refractivity contribution in [2.45, 2.75) is 12.9 Å². The molecule has 0 fully saturated rings. The van der Waals surface area contributed by atoms with E-state index in [9.17, 15) is 0 Å². The van der Waals surface area contributed by atoms with E-state index in [4.69, 9.17) is 9.84 Å². The van der Waals surface area contributed by atoms with Crippen LogP contribution in [0.3, 0.4) is 0 Å². The van der Waals surface area contributed by atoms with Gasteiger partial charge < -0.3 is 9.84 Å². The van der Waals surface area contributed by atoms with Crippen molar-refractivity contribution in [3.8, 4) is 11.5 Å². The zero-order chi connectivity index (χ0) is 8.27. The van der Waals surface area contributed by atoms with Crippen LogP contribution < -0.4 is 4.74 Å². The van der Waals surface area contributed by atoms with Crippen LogP contribution in [0, 0.1) is 0 Å². The van der Waals surface area contributed by atoms with Crippen LogP contribution in [0.2, 0.25) is 0 Å².